The van der Waals surface area contributed by atoms with Gasteiger partial charge in [-0.25, -0.2) is 9.67 Å². The lowest BCUT2D eigenvalue weighted by molar-refractivity contribution is 0.0946. The second-order valence-corrected chi connectivity index (χ2v) is 5.48. The smallest absolute Gasteiger partial charge is 0.272 e. The summed E-state index contributed by atoms with van der Waals surface area (Å²) in [6.45, 7) is 6.81. The number of imidazole rings is 1. The van der Waals surface area contributed by atoms with Gasteiger partial charge in [0.2, 0.25) is 5.88 Å². The number of nitrogens with zero attached hydrogens (tertiary/aromatic N) is 4. The third-order valence-electron chi connectivity index (χ3n) is 3.88. The number of carbonyl (C=O) groups excluding carboxylic acids is 1. The number of ether oxygens (including phenoxy) is 1. The van der Waals surface area contributed by atoms with Gasteiger partial charge in [0, 0.05) is 44.0 Å². The maximum absolute atomic E-state index is 12.2. The van der Waals surface area contributed by atoms with Crippen LogP contribution in [0.5, 0.6) is 5.88 Å². The molecule has 1 aliphatic heterocycles. The largest absolute Gasteiger partial charge is 0.478 e. The highest BCUT2D eigenvalue weighted by Crippen LogP contribution is 2.24. The average molecular weight is 303 g/mol. The van der Waals surface area contributed by atoms with E-state index in [2.05, 4.69) is 20.0 Å². The molecule has 1 amide bonds. The van der Waals surface area contributed by atoms with E-state index < -0.39 is 0 Å². The zero-order chi connectivity index (χ0) is 15.5. The predicted octanol–water partition coefficient (Wildman–Crippen LogP) is 1.30. The van der Waals surface area contributed by atoms with Gasteiger partial charge in [0.05, 0.1) is 6.61 Å². The maximum atomic E-state index is 12.2. The summed E-state index contributed by atoms with van der Waals surface area (Å²) in [6, 6.07) is 0. The maximum Gasteiger partial charge on any atom is 0.272 e. The first kappa shape index (κ1) is 14.6. The zero-order valence-corrected chi connectivity index (χ0v) is 13.0. The third kappa shape index (κ3) is 2.84. The van der Waals surface area contributed by atoms with E-state index in [0.29, 0.717) is 18.8 Å². The molecule has 0 fully saturated rings. The Morgan fingerprint density at radius 1 is 1.45 bits per heavy atom. The number of fused-ring (bicyclic) bond motifs is 1. The molecule has 2 aromatic rings. The summed E-state index contributed by atoms with van der Waals surface area (Å²) in [5, 5.41) is 7.28. The standard InChI is InChI=1S/C15H21N5O2/c1-11-13(18-20-8-4-10-22-15(11)20)14(21)17-5-3-7-19-9-6-16-12(19)2/h6,9H,3-5,7-8,10H2,1-2H3,(H,17,21). The number of aromatic nitrogens is 4. The Labute approximate surface area is 129 Å². The molecule has 0 bridgehead atoms. The Morgan fingerprint density at radius 3 is 3.05 bits per heavy atom. The molecule has 3 rings (SSSR count). The fraction of sp³-hybridized carbons (Fsp3) is 0.533. The highest BCUT2D eigenvalue weighted by Gasteiger charge is 2.22. The van der Waals surface area contributed by atoms with Crippen molar-refractivity contribution in [3.8, 4) is 5.88 Å². The van der Waals surface area contributed by atoms with Crippen LogP contribution < -0.4 is 10.1 Å². The number of carbonyl (C=O) groups is 1. The summed E-state index contributed by atoms with van der Waals surface area (Å²) in [4.78, 5) is 16.4. The summed E-state index contributed by atoms with van der Waals surface area (Å²) in [6.07, 6.45) is 5.51. The van der Waals surface area contributed by atoms with Gasteiger partial charge >= 0.3 is 0 Å². The highest BCUT2D eigenvalue weighted by atomic mass is 16.5. The van der Waals surface area contributed by atoms with Crippen LogP contribution in [0.4, 0.5) is 0 Å². The Balaban J connectivity index is 1.54. The van der Waals surface area contributed by atoms with Crippen molar-refractivity contribution < 1.29 is 9.53 Å². The van der Waals surface area contributed by atoms with Gasteiger partial charge in [0.25, 0.3) is 5.91 Å². The zero-order valence-electron chi connectivity index (χ0n) is 13.0. The molecule has 2 aromatic heterocycles. The first-order valence-electron chi connectivity index (χ1n) is 7.63. The van der Waals surface area contributed by atoms with Gasteiger partial charge in [-0.15, -0.1) is 0 Å². The molecule has 7 heteroatoms. The number of hydrogen-bond acceptors (Lipinski definition) is 4. The van der Waals surface area contributed by atoms with E-state index in [-0.39, 0.29) is 5.91 Å². The monoisotopic (exact) mass is 303 g/mol. The van der Waals surface area contributed by atoms with Gasteiger partial charge in [-0.2, -0.15) is 5.10 Å². The lowest BCUT2D eigenvalue weighted by atomic mass is 10.2. The molecule has 0 unspecified atom stereocenters. The predicted molar refractivity (Wildman–Crippen MR) is 81.0 cm³/mol. The van der Waals surface area contributed by atoms with Crippen molar-refractivity contribution in [2.75, 3.05) is 13.2 Å². The summed E-state index contributed by atoms with van der Waals surface area (Å²) in [5.74, 6) is 1.58. The molecule has 0 saturated heterocycles. The van der Waals surface area contributed by atoms with Gasteiger partial charge in [0.1, 0.15) is 5.82 Å². The number of hydrogen-bond donors (Lipinski definition) is 1. The molecule has 1 N–H and O–H groups in total. The van der Waals surface area contributed by atoms with Crippen LogP contribution in [0.1, 0.15) is 34.7 Å². The van der Waals surface area contributed by atoms with Crippen LogP contribution in [0.15, 0.2) is 12.4 Å². The van der Waals surface area contributed by atoms with E-state index in [4.69, 9.17) is 4.74 Å². The minimum atomic E-state index is -0.134. The number of aryl methyl sites for hydroxylation is 3. The second kappa shape index (κ2) is 6.21. The van der Waals surface area contributed by atoms with Gasteiger partial charge in [0.15, 0.2) is 5.69 Å². The van der Waals surface area contributed by atoms with E-state index in [0.717, 1.165) is 43.2 Å². The molecule has 0 atom stereocenters. The lowest BCUT2D eigenvalue weighted by Gasteiger charge is -2.14. The topological polar surface area (TPSA) is 74.0 Å². The minimum Gasteiger partial charge on any atom is -0.478 e. The Bertz CT molecular complexity index is 674. The van der Waals surface area contributed by atoms with Crippen molar-refractivity contribution in [1.82, 2.24) is 24.6 Å². The summed E-state index contributed by atoms with van der Waals surface area (Å²) >= 11 is 0. The summed E-state index contributed by atoms with van der Waals surface area (Å²) in [7, 11) is 0. The van der Waals surface area contributed by atoms with Crippen molar-refractivity contribution in [2.45, 2.75) is 39.8 Å². The van der Waals surface area contributed by atoms with Gasteiger partial charge in [-0.05, 0) is 20.3 Å². The second-order valence-electron chi connectivity index (χ2n) is 5.48. The van der Waals surface area contributed by atoms with Crippen molar-refractivity contribution in [3.63, 3.8) is 0 Å². The van der Waals surface area contributed by atoms with Crippen LogP contribution in [0.25, 0.3) is 0 Å². The first-order valence-corrected chi connectivity index (χ1v) is 7.63. The fourth-order valence-corrected chi connectivity index (χ4v) is 2.64. The molecule has 0 spiro atoms. The SMILES string of the molecule is Cc1c(C(=O)NCCCn2ccnc2C)nn2c1OCCC2. The van der Waals surface area contributed by atoms with Crippen LogP contribution in [0, 0.1) is 13.8 Å². The Kier molecular flexibility index (Phi) is 4.13. The molecule has 118 valence electrons. The lowest BCUT2D eigenvalue weighted by Crippen LogP contribution is -2.26. The molecule has 22 heavy (non-hydrogen) atoms. The molecule has 0 aliphatic carbocycles. The normalized spacial score (nSPS) is 13.5. The number of amides is 1. The van der Waals surface area contributed by atoms with E-state index in [1.807, 2.05) is 20.0 Å². The van der Waals surface area contributed by atoms with E-state index in [1.54, 1.807) is 10.9 Å². The van der Waals surface area contributed by atoms with Crippen molar-refractivity contribution >= 4 is 5.91 Å². The third-order valence-corrected chi connectivity index (χ3v) is 3.88. The molecule has 7 nitrogen and oxygen atoms in total. The number of nitrogens with one attached hydrogen (secondary N) is 1. The van der Waals surface area contributed by atoms with Crippen LogP contribution in [-0.2, 0) is 13.1 Å². The molecule has 3 heterocycles. The van der Waals surface area contributed by atoms with Gasteiger partial charge < -0.3 is 14.6 Å². The van der Waals surface area contributed by atoms with E-state index in [1.165, 1.54) is 0 Å². The van der Waals surface area contributed by atoms with E-state index >= 15 is 0 Å². The molecule has 0 radical (unpaired) electrons. The van der Waals surface area contributed by atoms with Gasteiger partial charge in [-0.3, -0.25) is 4.79 Å². The van der Waals surface area contributed by atoms with Crippen molar-refractivity contribution in [3.05, 3.63) is 29.5 Å². The number of rotatable bonds is 5. The van der Waals surface area contributed by atoms with Crippen LogP contribution in [0.2, 0.25) is 0 Å². The summed E-state index contributed by atoms with van der Waals surface area (Å²) in [5.41, 5.74) is 1.29. The molecular formula is C15H21N5O2. The Hall–Kier alpha value is -2.31. The Morgan fingerprint density at radius 2 is 2.32 bits per heavy atom. The quantitative estimate of drug-likeness (QED) is 0.845. The molecule has 1 aliphatic rings. The average Bonchev–Trinajstić information content (AvgIpc) is 3.08. The fourth-order valence-electron chi connectivity index (χ4n) is 2.64. The van der Waals surface area contributed by atoms with Crippen molar-refractivity contribution in [2.24, 2.45) is 0 Å². The molecular weight excluding hydrogens is 282 g/mol. The van der Waals surface area contributed by atoms with Crippen molar-refractivity contribution in [1.29, 1.82) is 0 Å². The minimum absolute atomic E-state index is 0.134. The molecule has 0 aromatic carbocycles. The summed E-state index contributed by atoms with van der Waals surface area (Å²) < 4.78 is 9.43. The first-order chi connectivity index (χ1) is 10.7. The van der Waals surface area contributed by atoms with Crippen LogP contribution in [-0.4, -0.2) is 38.4 Å². The molecule has 0 saturated carbocycles. The van der Waals surface area contributed by atoms with E-state index in [9.17, 15) is 4.79 Å². The van der Waals surface area contributed by atoms with Crippen LogP contribution in [0.3, 0.4) is 0 Å². The highest BCUT2D eigenvalue weighted by molar-refractivity contribution is 5.94. The van der Waals surface area contributed by atoms with Gasteiger partial charge in [-0.1, -0.05) is 0 Å². The van der Waals surface area contributed by atoms with Crippen LogP contribution >= 0.6 is 0 Å².